The molecule has 0 amide bonds. The van der Waals surface area contributed by atoms with Gasteiger partial charge in [-0.2, -0.15) is 0 Å². The topological polar surface area (TPSA) is 26.3 Å². The molecular formula is C32H52O2. The maximum atomic E-state index is 11.9. The Hall–Kier alpha value is -0.790. The van der Waals surface area contributed by atoms with E-state index in [2.05, 4.69) is 55.4 Å². The van der Waals surface area contributed by atoms with Crippen molar-refractivity contribution in [2.75, 3.05) is 0 Å². The van der Waals surface area contributed by atoms with Crippen molar-refractivity contribution in [2.45, 2.75) is 139 Å². The van der Waals surface area contributed by atoms with Crippen molar-refractivity contribution in [1.29, 1.82) is 0 Å². The molecule has 7 atom stereocenters. The molecule has 1 unspecified atom stereocenters. The molecule has 0 N–H and O–H groups in total. The second kappa shape index (κ2) is 7.38. The zero-order valence-corrected chi connectivity index (χ0v) is 23.8. The maximum Gasteiger partial charge on any atom is 0.302 e. The predicted octanol–water partition coefficient (Wildman–Crippen LogP) is 8.88. The number of carbonyl (C=O) groups excluding carboxylic acids is 1. The van der Waals surface area contributed by atoms with Crippen LogP contribution in [0.1, 0.15) is 133 Å². The zero-order chi connectivity index (χ0) is 24.9. The van der Waals surface area contributed by atoms with Crippen LogP contribution in [0.2, 0.25) is 0 Å². The fourth-order valence-corrected chi connectivity index (χ4v) is 10.9. The van der Waals surface area contributed by atoms with E-state index in [1.54, 1.807) is 6.92 Å². The third kappa shape index (κ3) is 3.21. The number of rotatable bonds is 1. The van der Waals surface area contributed by atoms with Crippen molar-refractivity contribution in [3.8, 4) is 0 Å². The van der Waals surface area contributed by atoms with Gasteiger partial charge in [0.05, 0.1) is 0 Å². The predicted molar refractivity (Wildman–Crippen MR) is 140 cm³/mol. The summed E-state index contributed by atoms with van der Waals surface area (Å²) in [6, 6.07) is 0. The highest BCUT2D eigenvalue weighted by Crippen LogP contribution is 2.75. The molecule has 0 heterocycles. The van der Waals surface area contributed by atoms with Crippen molar-refractivity contribution in [3.63, 3.8) is 0 Å². The smallest absolute Gasteiger partial charge is 0.302 e. The Morgan fingerprint density at radius 2 is 1.44 bits per heavy atom. The Labute approximate surface area is 210 Å². The SMILES string of the molecule is CC(=O)O[C@H]1CC[C@@]2(C)C(CC[C@]3(C)[C@@H]2CCC2=C4CC(C)(C)CC[C@@]4(C)CC[C@]23C)C1(C)C. The summed E-state index contributed by atoms with van der Waals surface area (Å²) in [4.78, 5) is 11.9. The number of hydrogen-bond donors (Lipinski definition) is 0. The van der Waals surface area contributed by atoms with Gasteiger partial charge in [0.1, 0.15) is 6.10 Å². The van der Waals surface area contributed by atoms with Crippen LogP contribution in [-0.4, -0.2) is 12.1 Å². The van der Waals surface area contributed by atoms with Gasteiger partial charge in [0, 0.05) is 12.3 Å². The number of ether oxygens (including phenoxy) is 1. The molecule has 0 aliphatic heterocycles. The first-order chi connectivity index (χ1) is 15.6. The Bertz CT molecular complexity index is 910. The minimum absolute atomic E-state index is 0.0537. The molecule has 0 spiro atoms. The van der Waals surface area contributed by atoms with Gasteiger partial charge in [-0.1, -0.05) is 66.5 Å². The van der Waals surface area contributed by atoms with E-state index in [0.29, 0.717) is 33.0 Å². The van der Waals surface area contributed by atoms with E-state index in [1.807, 2.05) is 11.1 Å². The Balaban J connectivity index is 1.54. The summed E-state index contributed by atoms with van der Waals surface area (Å²) in [6.45, 7) is 22.1. The minimum atomic E-state index is -0.107. The molecule has 34 heavy (non-hydrogen) atoms. The number of esters is 1. The van der Waals surface area contributed by atoms with Crippen LogP contribution in [-0.2, 0) is 9.53 Å². The quantitative estimate of drug-likeness (QED) is 0.284. The van der Waals surface area contributed by atoms with E-state index in [1.165, 1.54) is 64.2 Å². The van der Waals surface area contributed by atoms with E-state index in [9.17, 15) is 4.79 Å². The van der Waals surface area contributed by atoms with Gasteiger partial charge in [0.2, 0.25) is 0 Å². The Morgan fingerprint density at radius 3 is 2.12 bits per heavy atom. The summed E-state index contributed by atoms with van der Waals surface area (Å²) in [5.74, 6) is 1.30. The first-order valence-electron chi connectivity index (χ1n) is 14.5. The second-order valence-electron chi connectivity index (χ2n) is 15.8. The summed E-state index contributed by atoms with van der Waals surface area (Å²) >= 11 is 0. The third-order valence-electron chi connectivity index (χ3n) is 13.2. The lowest BCUT2D eigenvalue weighted by atomic mass is 9.34. The van der Waals surface area contributed by atoms with Gasteiger partial charge in [0.15, 0.2) is 0 Å². The van der Waals surface area contributed by atoms with Crippen LogP contribution >= 0.6 is 0 Å². The normalized spacial score (nSPS) is 49.3. The van der Waals surface area contributed by atoms with Gasteiger partial charge in [-0.3, -0.25) is 4.79 Å². The number of carbonyl (C=O) groups is 1. The van der Waals surface area contributed by atoms with Crippen LogP contribution in [0.25, 0.3) is 0 Å². The fourth-order valence-electron chi connectivity index (χ4n) is 10.9. The molecule has 5 rings (SSSR count). The molecule has 2 heteroatoms. The lowest BCUT2D eigenvalue weighted by Gasteiger charge is -2.71. The second-order valence-corrected chi connectivity index (χ2v) is 15.8. The van der Waals surface area contributed by atoms with Crippen LogP contribution in [0.15, 0.2) is 11.1 Å². The largest absolute Gasteiger partial charge is 0.462 e. The minimum Gasteiger partial charge on any atom is -0.462 e. The van der Waals surface area contributed by atoms with Crippen molar-refractivity contribution >= 4 is 5.97 Å². The van der Waals surface area contributed by atoms with Crippen LogP contribution in [0.5, 0.6) is 0 Å². The Kier molecular flexibility index (Phi) is 5.40. The highest BCUT2D eigenvalue weighted by atomic mass is 16.5. The summed E-state index contributed by atoms with van der Waals surface area (Å²) in [6.07, 6.45) is 14.5. The van der Waals surface area contributed by atoms with Crippen LogP contribution in [0, 0.1) is 44.3 Å². The zero-order valence-electron chi connectivity index (χ0n) is 23.8. The van der Waals surface area contributed by atoms with Gasteiger partial charge in [-0.15, -0.1) is 0 Å². The molecule has 4 saturated carbocycles. The van der Waals surface area contributed by atoms with Gasteiger partial charge < -0.3 is 4.74 Å². The molecule has 5 aliphatic rings. The number of hydrogen-bond acceptors (Lipinski definition) is 2. The molecule has 0 aromatic carbocycles. The van der Waals surface area contributed by atoms with E-state index >= 15 is 0 Å². The van der Waals surface area contributed by atoms with E-state index < -0.39 is 0 Å². The van der Waals surface area contributed by atoms with Crippen LogP contribution in [0.4, 0.5) is 0 Å². The highest BCUT2D eigenvalue weighted by Gasteiger charge is 2.67. The molecule has 0 aromatic heterocycles. The summed E-state index contributed by atoms with van der Waals surface area (Å²) < 4.78 is 5.91. The van der Waals surface area contributed by atoms with Gasteiger partial charge in [-0.25, -0.2) is 0 Å². The average molecular weight is 469 g/mol. The van der Waals surface area contributed by atoms with E-state index in [0.717, 1.165) is 12.3 Å². The van der Waals surface area contributed by atoms with E-state index in [-0.39, 0.29) is 17.5 Å². The number of allylic oxidation sites excluding steroid dienone is 2. The van der Waals surface area contributed by atoms with Gasteiger partial charge >= 0.3 is 5.97 Å². The standard InChI is InChI=1S/C32H52O2/c1-21(33)34-26-13-14-30(7)24(28(26,4)5)12-15-32(9)25(30)11-10-22-23-20-27(2,3)16-17-29(23,6)18-19-31(22,32)8/h24-26H,10-20H2,1-9H3/t24?,25-,26+,29+,30+,31-,32-/m1/s1. The molecule has 5 aliphatic carbocycles. The van der Waals surface area contributed by atoms with Crippen LogP contribution < -0.4 is 0 Å². The van der Waals surface area contributed by atoms with Crippen LogP contribution in [0.3, 0.4) is 0 Å². The third-order valence-corrected chi connectivity index (χ3v) is 13.2. The lowest BCUT2D eigenvalue weighted by molar-refractivity contribution is -0.213. The molecule has 0 bridgehead atoms. The van der Waals surface area contributed by atoms with Crippen molar-refractivity contribution in [1.82, 2.24) is 0 Å². The highest BCUT2D eigenvalue weighted by molar-refractivity contribution is 5.66. The monoisotopic (exact) mass is 468 g/mol. The summed E-state index contributed by atoms with van der Waals surface area (Å²) in [7, 11) is 0. The molecule has 2 nitrogen and oxygen atoms in total. The first kappa shape index (κ1) is 24.9. The van der Waals surface area contributed by atoms with E-state index in [4.69, 9.17) is 4.74 Å². The lowest BCUT2D eigenvalue weighted by Crippen LogP contribution is -2.64. The molecule has 4 fully saturated rings. The Morgan fingerprint density at radius 1 is 0.765 bits per heavy atom. The molecular weight excluding hydrogens is 416 g/mol. The summed E-state index contributed by atoms with van der Waals surface area (Å²) in [5.41, 5.74) is 5.84. The molecule has 0 saturated heterocycles. The average Bonchev–Trinajstić information content (AvgIpc) is 2.72. The van der Waals surface area contributed by atoms with Crippen molar-refractivity contribution in [2.24, 2.45) is 44.3 Å². The van der Waals surface area contributed by atoms with Crippen molar-refractivity contribution in [3.05, 3.63) is 11.1 Å². The van der Waals surface area contributed by atoms with Crippen molar-refractivity contribution < 1.29 is 9.53 Å². The molecule has 192 valence electrons. The first-order valence-corrected chi connectivity index (χ1v) is 14.5. The summed E-state index contributed by atoms with van der Waals surface area (Å²) in [5, 5.41) is 0. The fraction of sp³-hybridized carbons (Fsp3) is 0.906. The molecule has 0 radical (unpaired) electrons. The molecule has 0 aromatic rings. The van der Waals surface area contributed by atoms with Gasteiger partial charge in [0.25, 0.3) is 0 Å². The number of fused-ring (bicyclic) bond motifs is 6. The van der Waals surface area contributed by atoms with Gasteiger partial charge in [-0.05, 0) is 110 Å². The maximum absolute atomic E-state index is 11.9.